The highest BCUT2D eigenvalue weighted by molar-refractivity contribution is 6.23. The SMILES string of the molecule is COc1ccc(-c2nc(-c3ccc(OC)cc3)nc(-n3c4ccccc4c4ccc5c6ccccc6n(-c6ccccc6)c5c43)n2)cc1. The van der Waals surface area contributed by atoms with Crippen LogP contribution in [0.2, 0.25) is 0 Å². The second-order valence-corrected chi connectivity index (χ2v) is 11.6. The van der Waals surface area contributed by atoms with Crippen molar-refractivity contribution >= 4 is 43.6 Å². The third-order valence-corrected chi connectivity index (χ3v) is 9.00. The fourth-order valence-corrected chi connectivity index (χ4v) is 6.76. The normalized spacial score (nSPS) is 11.5. The van der Waals surface area contributed by atoms with Gasteiger partial charge in [0.15, 0.2) is 11.6 Å². The van der Waals surface area contributed by atoms with E-state index in [0.29, 0.717) is 17.6 Å². The summed E-state index contributed by atoms with van der Waals surface area (Å²) in [5.74, 6) is 3.19. The molecule has 0 unspecified atom stereocenters. The van der Waals surface area contributed by atoms with Crippen LogP contribution in [0.25, 0.3) is 78.0 Å². The van der Waals surface area contributed by atoms with Crippen LogP contribution in [0.5, 0.6) is 11.5 Å². The Morgan fingerprint density at radius 1 is 0.417 bits per heavy atom. The molecule has 3 aromatic heterocycles. The number of hydrogen-bond acceptors (Lipinski definition) is 5. The molecule has 0 N–H and O–H groups in total. The molecule has 0 radical (unpaired) electrons. The van der Waals surface area contributed by atoms with E-state index in [9.17, 15) is 0 Å². The molecule has 3 heterocycles. The Labute approximate surface area is 276 Å². The summed E-state index contributed by atoms with van der Waals surface area (Å²) in [6.07, 6.45) is 0. The monoisotopic (exact) mass is 623 g/mol. The molecule has 6 aromatic carbocycles. The molecule has 0 fully saturated rings. The molecule has 0 atom stereocenters. The first-order valence-electron chi connectivity index (χ1n) is 15.8. The number of methoxy groups -OCH3 is 2. The number of nitrogens with zero attached hydrogens (tertiary/aromatic N) is 5. The fourth-order valence-electron chi connectivity index (χ4n) is 6.76. The zero-order valence-corrected chi connectivity index (χ0v) is 26.3. The topological polar surface area (TPSA) is 67.0 Å². The Kier molecular flexibility index (Phi) is 6.43. The third kappa shape index (κ3) is 4.32. The van der Waals surface area contributed by atoms with Gasteiger partial charge in [-0.2, -0.15) is 9.97 Å². The van der Waals surface area contributed by atoms with Crippen LogP contribution in [0.1, 0.15) is 0 Å². The molecule has 0 saturated carbocycles. The number of rotatable bonds is 6. The number of fused-ring (bicyclic) bond motifs is 7. The fraction of sp³-hybridized carbons (Fsp3) is 0.0488. The van der Waals surface area contributed by atoms with Crippen molar-refractivity contribution in [1.29, 1.82) is 0 Å². The Morgan fingerprint density at radius 2 is 0.875 bits per heavy atom. The van der Waals surface area contributed by atoms with Crippen molar-refractivity contribution in [2.45, 2.75) is 0 Å². The summed E-state index contributed by atoms with van der Waals surface area (Å²) in [6, 6.07) is 47.7. The highest BCUT2D eigenvalue weighted by Gasteiger charge is 2.23. The highest BCUT2D eigenvalue weighted by atomic mass is 16.5. The van der Waals surface area contributed by atoms with E-state index in [1.165, 1.54) is 5.39 Å². The van der Waals surface area contributed by atoms with Crippen LogP contribution in [-0.4, -0.2) is 38.3 Å². The van der Waals surface area contributed by atoms with Crippen molar-refractivity contribution in [1.82, 2.24) is 24.1 Å². The maximum absolute atomic E-state index is 5.44. The standard InChI is InChI=1S/C41H29N5O2/c1-47-29-20-16-26(17-21-29)39-42-40(27-18-22-30(48-2)23-19-27)44-41(43-39)46-36-15-9-7-13-32(36)34-25-24-33-31-12-6-8-14-35(31)45(37(33)38(34)46)28-10-4-3-5-11-28/h3-25H,1-2H3. The maximum atomic E-state index is 5.44. The second-order valence-electron chi connectivity index (χ2n) is 11.6. The van der Waals surface area contributed by atoms with Crippen molar-refractivity contribution in [3.8, 4) is 45.9 Å². The van der Waals surface area contributed by atoms with Crippen molar-refractivity contribution in [3.63, 3.8) is 0 Å². The molecule has 7 nitrogen and oxygen atoms in total. The Balaban J connectivity index is 1.43. The molecular weight excluding hydrogens is 594 g/mol. The maximum Gasteiger partial charge on any atom is 0.238 e. The summed E-state index contributed by atoms with van der Waals surface area (Å²) >= 11 is 0. The molecule has 7 heteroatoms. The van der Waals surface area contributed by atoms with Crippen LogP contribution in [0.3, 0.4) is 0 Å². The van der Waals surface area contributed by atoms with Gasteiger partial charge in [-0.25, -0.2) is 4.98 Å². The van der Waals surface area contributed by atoms with E-state index < -0.39 is 0 Å². The smallest absolute Gasteiger partial charge is 0.238 e. The van der Waals surface area contributed by atoms with Gasteiger partial charge in [0.2, 0.25) is 5.95 Å². The molecule has 48 heavy (non-hydrogen) atoms. The largest absolute Gasteiger partial charge is 0.497 e. The number of hydrogen-bond donors (Lipinski definition) is 0. The van der Waals surface area contributed by atoms with Gasteiger partial charge in [-0.05, 0) is 72.8 Å². The van der Waals surface area contributed by atoms with E-state index >= 15 is 0 Å². The van der Waals surface area contributed by atoms with Gasteiger partial charge >= 0.3 is 0 Å². The summed E-state index contributed by atoms with van der Waals surface area (Å²) in [4.78, 5) is 15.4. The van der Waals surface area contributed by atoms with Gasteiger partial charge in [-0.1, -0.05) is 66.7 Å². The summed E-state index contributed by atoms with van der Waals surface area (Å²) in [5.41, 5.74) is 7.07. The first kappa shape index (κ1) is 27.8. The predicted octanol–water partition coefficient (Wildman–Crippen LogP) is 9.42. The van der Waals surface area contributed by atoms with E-state index in [1.54, 1.807) is 14.2 Å². The second kappa shape index (κ2) is 11.1. The van der Waals surface area contributed by atoms with Crippen molar-refractivity contribution in [3.05, 3.63) is 140 Å². The van der Waals surface area contributed by atoms with E-state index in [-0.39, 0.29) is 0 Å². The van der Waals surface area contributed by atoms with Crippen molar-refractivity contribution < 1.29 is 9.47 Å². The van der Waals surface area contributed by atoms with Crippen LogP contribution in [0.15, 0.2) is 140 Å². The lowest BCUT2D eigenvalue weighted by Gasteiger charge is -2.13. The first-order valence-corrected chi connectivity index (χ1v) is 15.8. The minimum absolute atomic E-state index is 0.533. The first-order chi connectivity index (χ1) is 23.7. The lowest BCUT2D eigenvalue weighted by Crippen LogP contribution is -2.07. The summed E-state index contributed by atoms with van der Waals surface area (Å²) in [7, 11) is 3.32. The van der Waals surface area contributed by atoms with E-state index in [0.717, 1.165) is 66.5 Å². The number of aromatic nitrogens is 5. The Bertz CT molecular complexity index is 2560. The number of ether oxygens (including phenoxy) is 2. The molecule has 0 spiro atoms. The van der Waals surface area contributed by atoms with Crippen molar-refractivity contribution in [2.24, 2.45) is 0 Å². The molecule has 0 bridgehead atoms. The van der Waals surface area contributed by atoms with Gasteiger partial charge in [0, 0.05) is 38.4 Å². The van der Waals surface area contributed by atoms with Crippen LogP contribution in [0.4, 0.5) is 0 Å². The molecule has 0 aliphatic heterocycles. The third-order valence-electron chi connectivity index (χ3n) is 9.00. The molecule has 9 rings (SSSR count). The van der Waals surface area contributed by atoms with Gasteiger partial charge in [0.05, 0.1) is 36.3 Å². The summed E-state index contributed by atoms with van der Waals surface area (Å²) < 4.78 is 15.4. The minimum Gasteiger partial charge on any atom is -0.497 e. The molecule has 0 aliphatic rings. The van der Waals surface area contributed by atoms with Crippen LogP contribution < -0.4 is 9.47 Å². The average Bonchev–Trinajstić information content (AvgIpc) is 3.68. The number of para-hydroxylation sites is 3. The lowest BCUT2D eigenvalue weighted by atomic mass is 10.1. The van der Waals surface area contributed by atoms with Gasteiger partial charge < -0.3 is 14.0 Å². The minimum atomic E-state index is 0.533. The zero-order valence-electron chi connectivity index (χ0n) is 26.3. The van der Waals surface area contributed by atoms with Gasteiger partial charge in [-0.3, -0.25) is 4.57 Å². The molecule has 0 amide bonds. The van der Waals surface area contributed by atoms with Gasteiger partial charge in [0.1, 0.15) is 11.5 Å². The molecule has 0 aliphatic carbocycles. The van der Waals surface area contributed by atoms with Crippen LogP contribution in [0, 0.1) is 0 Å². The highest BCUT2D eigenvalue weighted by Crippen LogP contribution is 2.41. The van der Waals surface area contributed by atoms with Gasteiger partial charge in [0.25, 0.3) is 0 Å². The Hall–Kier alpha value is -6.47. The van der Waals surface area contributed by atoms with E-state index in [2.05, 4.69) is 100 Å². The van der Waals surface area contributed by atoms with E-state index in [4.69, 9.17) is 24.4 Å². The van der Waals surface area contributed by atoms with Crippen LogP contribution >= 0.6 is 0 Å². The lowest BCUT2D eigenvalue weighted by molar-refractivity contribution is 0.415. The number of benzene rings is 6. The molecule has 9 aromatic rings. The summed E-state index contributed by atoms with van der Waals surface area (Å²) in [6.45, 7) is 0. The average molecular weight is 624 g/mol. The summed E-state index contributed by atoms with van der Waals surface area (Å²) in [5, 5.41) is 4.58. The molecule has 0 saturated heterocycles. The van der Waals surface area contributed by atoms with Crippen molar-refractivity contribution in [2.75, 3.05) is 14.2 Å². The molecular formula is C41H29N5O2. The zero-order chi connectivity index (χ0) is 32.2. The van der Waals surface area contributed by atoms with Crippen LogP contribution in [-0.2, 0) is 0 Å². The van der Waals surface area contributed by atoms with E-state index in [1.807, 2.05) is 48.5 Å². The Morgan fingerprint density at radius 3 is 1.40 bits per heavy atom. The quantitative estimate of drug-likeness (QED) is 0.185. The van der Waals surface area contributed by atoms with Gasteiger partial charge in [-0.15, -0.1) is 0 Å². The molecule has 230 valence electrons. The predicted molar refractivity (Wildman–Crippen MR) is 192 cm³/mol.